The van der Waals surface area contributed by atoms with Crippen LogP contribution < -0.4 is 21.1 Å². The normalized spacial score (nSPS) is 15.3. The van der Waals surface area contributed by atoms with E-state index in [1.54, 1.807) is 0 Å². The number of halogens is 1. The summed E-state index contributed by atoms with van der Waals surface area (Å²) in [6.07, 6.45) is 2.28. The van der Waals surface area contributed by atoms with E-state index in [4.69, 9.17) is 10.5 Å². The quantitative estimate of drug-likeness (QED) is 0.601. The van der Waals surface area contributed by atoms with Gasteiger partial charge in [-0.3, -0.25) is 9.59 Å². The average Bonchev–Trinajstić information content (AvgIpc) is 2.58. The molecular weight excluding hydrogens is 354 g/mol. The molecule has 0 spiro atoms. The fraction of sp³-hybridized carbons (Fsp3) is 0.579. The summed E-state index contributed by atoms with van der Waals surface area (Å²) in [6, 6.07) is 5.66. The molecule has 1 aliphatic rings. The first-order valence-electron chi connectivity index (χ1n) is 8.90. The van der Waals surface area contributed by atoms with Gasteiger partial charge in [-0.2, -0.15) is 0 Å². The Morgan fingerprint density at radius 3 is 2.77 bits per heavy atom. The monoisotopic (exact) mass is 383 g/mol. The summed E-state index contributed by atoms with van der Waals surface area (Å²) >= 11 is 0. The largest absolute Gasteiger partial charge is 0.494 e. The summed E-state index contributed by atoms with van der Waals surface area (Å²) in [5.74, 6) is 1.09. The van der Waals surface area contributed by atoms with Gasteiger partial charge in [0, 0.05) is 25.1 Å². The number of nitrogens with one attached hydrogen (secondary N) is 2. The number of anilines is 1. The van der Waals surface area contributed by atoms with Crippen molar-refractivity contribution in [3.8, 4) is 5.75 Å². The minimum Gasteiger partial charge on any atom is -0.494 e. The molecule has 2 rings (SSSR count). The Morgan fingerprint density at radius 1 is 1.38 bits per heavy atom. The summed E-state index contributed by atoms with van der Waals surface area (Å²) in [5, 5.41) is 5.87. The van der Waals surface area contributed by atoms with Crippen molar-refractivity contribution in [2.24, 2.45) is 11.7 Å². The number of fused-ring (bicyclic) bond motifs is 1. The Morgan fingerprint density at radius 2 is 2.12 bits per heavy atom. The van der Waals surface area contributed by atoms with Crippen LogP contribution in [0.4, 0.5) is 5.69 Å². The number of ether oxygens (including phenoxy) is 1. The molecule has 0 aliphatic carbocycles. The van der Waals surface area contributed by atoms with Crippen molar-refractivity contribution < 1.29 is 14.3 Å². The molecule has 7 heteroatoms. The van der Waals surface area contributed by atoms with Gasteiger partial charge in [0.25, 0.3) is 0 Å². The van der Waals surface area contributed by atoms with E-state index in [9.17, 15) is 9.59 Å². The molecule has 4 N–H and O–H groups in total. The van der Waals surface area contributed by atoms with Crippen molar-refractivity contribution in [2.75, 3.05) is 18.5 Å². The van der Waals surface area contributed by atoms with Crippen molar-refractivity contribution in [3.05, 3.63) is 23.8 Å². The van der Waals surface area contributed by atoms with Gasteiger partial charge < -0.3 is 21.1 Å². The van der Waals surface area contributed by atoms with Gasteiger partial charge in [0.2, 0.25) is 11.8 Å². The van der Waals surface area contributed by atoms with Gasteiger partial charge in [0.05, 0.1) is 12.1 Å². The minimum absolute atomic E-state index is 0. The Balaban J connectivity index is 0.00000338. The van der Waals surface area contributed by atoms with Gasteiger partial charge in [-0.1, -0.05) is 13.8 Å². The lowest BCUT2D eigenvalue weighted by atomic mass is 9.88. The van der Waals surface area contributed by atoms with Gasteiger partial charge in [-0.15, -0.1) is 12.4 Å². The molecule has 0 saturated carbocycles. The van der Waals surface area contributed by atoms with Crippen LogP contribution in [-0.2, 0) is 16.0 Å². The Hall–Kier alpha value is -1.79. The summed E-state index contributed by atoms with van der Waals surface area (Å²) in [4.78, 5) is 23.5. The number of carbonyl (C=O) groups excluding carboxylic acids is 2. The third-order valence-electron chi connectivity index (χ3n) is 4.91. The molecule has 0 aromatic heterocycles. The van der Waals surface area contributed by atoms with Crippen LogP contribution in [0.15, 0.2) is 18.2 Å². The van der Waals surface area contributed by atoms with Gasteiger partial charge in [-0.25, -0.2) is 0 Å². The van der Waals surface area contributed by atoms with Crippen LogP contribution in [0.5, 0.6) is 5.75 Å². The zero-order chi connectivity index (χ0) is 18.4. The van der Waals surface area contributed by atoms with Crippen molar-refractivity contribution in [2.45, 2.75) is 52.0 Å². The molecule has 1 unspecified atom stereocenters. The van der Waals surface area contributed by atoms with E-state index < -0.39 is 0 Å². The van der Waals surface area contributed by atoms with E-state index >= 15 is 0 Å². The van der Waals surface area contributed by atoms with E-state index in [0.717, 1.165) is 23.4 Å². The van der Waals surface area contributed by atoms with Crippen LogP contribution in [0.25, 0.3) is 0 Å². The van der Waals surface area contributed by atoms with Crippen LogP contribution in [0, 0.1) is 5.92 Å². The maximum Gasteiger partial charge on any atom is 0.224 e. The van der Waals surface area contributed by atoms with E-state index in [1.165, 1.54) is 0 Å². The SMILES string of the molecule is CC(C)C(C)(CN)NC(=O)CCCOc1ccc2c(c1)CCC(=O)N2.Cl. The van der Waals surface area contributed by atoms with Crippen LogP contribution in [0.3, 0.4) is 0 Å². The zero-order valence-electron chi connectivity index (χ0n) is 15.8. The van der Waals surface area contributed by atoms with E-state index in [0.29, 0.717) is 32.4 Å². The van der Waals surface area contributed by atoms with Crippen LogP contribution in [-0.4, -0.2) is 30.5 Å². The van der Waals surface area contributed by atoms with Gasteiger partial charge in [0.1, 0.15) is 5.75 Å². The first-order chi connectivity index (χ1) is 11.8. The fourth-order valence-electron chi connectivity index (χ4n) is 2.68. The highest BCUT2D eigenvalue weighted by atomic mass is 35.5. The van der Waals surface area contributed by atoms with Crippen molar-refractivity contribution in [1.82, 2.24) is 5.32 Å². The average molecular weight is 384 g/mol. The molecule has 2 amide bonds. The summed E-state index contributed by atoms with van der Waals surface area (Å²) in [5.41, 5.74) is 7.36. The van der Waals surface area contributed by atoms with Crippen LogP contribution in [0.1, 0.15) is 45.6 Å². The van der Waals surface area contributed by atoms with Gasteiger partial charge in [0.15, 0.2) is 0 Å². The van der Waals surface area contributed by atoms with Crippen LogP contribution in [0.2, 0.25) is 0 Å². The highest BCUT2D eigenvalue weighted by Gasteiger charge is 2.28. The Labute approximate surface area is 161 Å². The summed E-state index contributed by atoms with van der Waals surface area (Å²) in [7, 11) is 0. The standard InChI is InChI=1S/C19H29N3O3.ClH/c1-13(2)19(3,12-20)22-18(24)5-4-10-25-15-7-8-16-14(11-15)6-9-17(23)21-16;/h7-8,11,13H,4-6,9-10,12,20H2,1-3H3,(H,21,23)(H,22,24);1H. The fourth-order valence-corrected chi connectivity index (χ4v) is 2.68. The number of rotatable bonds is 8. The number of aryl methyl sites for hydroxylation is 1. The Bertz CT molecular complexity index is 636. The molecule has 1 aromatic rings. The van der Waals surface area contributed by atoms with Gasteiger partial charge >= 0.3 is 0 Å². The first kappa shape index (κ1) is 22.3. The maximum absolute atomic E-state index is 12.1. The highest BCUT2D eigenvalue weighted by molar-refractivity contribution is 5.94. The van der Waals surface area contributed by atoms with E-state index in [-0.39, 0.29) is 35.7 Å². The third-order valence-corrected chi connectivity index (χ3v) is 4.91. The number of carbonyl (C=O) groups is 2. The highest BCUT2D eigenvalue weighted by Crippen LogP contribution is 2.26. The predicted molar refractivity (Wildman–Crippen MR) is 106 cm³/mol. The number of benzene rings is 1. The molecule has 1 atom stereocenters. The molecule has 0 bridgehead atoms. The number of hydrogen-bond acceptors (Lipinski definition) is 4. The van der Waals surface area contributed by atoms with Crippen molar-refractivity contribution >= 4 is 29.9 Å². The number of amides is 2. The predicted octanol–water partition coefficient (Wildman–Crippen LogP) is 2.64. The second-order valence-electron chi connectivity index (χ2n) is 7.14. The second kappa shape index (κ2) is 9.78. The summed E-state index contributed by atoms with van der Waals surface area (Å²) < 4.78 is 5.74. The molecule has 6 nitrogen and oxygen atoms in total. The molecular formula is C19H30ClN3O3. The molecule has 1 aromatic carbocycles. The molecule has 1 aliphatic heterocycles. The lowest BCUT2D eigenvalue weighted by Crippen LogP contribution is -2.55. The molecule has 0 saturated heterocycles. The molecule has 146 valence electrons. The topological polar surface area (TPSA) is 93.4 Å². The van der Waals surface area contributed by atoms with Crippen LogP contribution >= 0.6 is 12.4 Å². The zero-order valence-corrected chi connectivity index (χ0v) is 16.6. The van der Waals surface area contributed by atoms with E-state index in [2.05, 4.69) is 24.5 Å². The second-order valence-corrected chi connectivity index (χ2v) is 7.14. The van der Waals surface area contributed by atoms with E-state index in [1.807, 2.05) is 25.1 Å². The molecule has 26 heavy (non-hydrogen) atoms. The molecule has 1 heterocycles. The maximum atomic E-state index is 12.1. The Kier molecular flexibility index (Phi) is 8.37. The molecule has 0 fully saturated rings. The minimum atomic E-state index is -0.374. The lowest BCUT2D eigenvalue weighted by Gasteiger charge is -2.33. The van der Waals surface area contributed by atoms with Crippen molar-refractivity contribution in [1.29, 1.82) is 0 Å². The number of nitrogens with two attached hydrogens (primary N) is 1. The third kappa shape index (κ3) is 5.88. The smallest absolute Gasteiger partial charge is 0.224 e. The molecule has 0 radical (unpaired) electrons. The number of hydrogen-bond donors (Lipinski definition) is 3. The first-order valence-corrected chi connectivity index (χ1v) is 8.90. The van der Waals surface area contributed by atoms with Crippen molar-refractivity contribution in [3.63, 3.8) is 0 Å². The summed E-state index contributed by atoms with van der Waals surface area (Å²) in [6.45, 7) is 6.96. The van der Waals surface area contributed by atoms with Gasteiger partial charge in [-0.05, 0) is 49.4 Å². The lowest BCUT2D eigenvalue weighted by molar-refractivity contribution is -0.123.